The van der Waals surface area contributed by atoms with Gasteiger partial charge in [0.2, 0.25) is 0 Å². The molecule has 1 aliphatic rings. The number of nitrogens with one attached hydrogen (secondary N) is 2. The van der Waals surface area contributed by atoms with E-state index in [1.807, 2.05) is 19.0 Å². The Bertz CT molecular complexity index is 1440. The lowest BCUT2D eigenvalue weighted by Gasteiger charge is -2.27. The summed E-state index contributed by atoms with van der Waals surface area (Å²) in [6, 6.07) is 11.2. The van der Waals surface area contributed by atoms with Gasteiger partial charge in [-0.05, 0) is 77.3 Å². The highest BCUT2D eigenvalue weighted by Crippen LogP contribution is 2.18. The number of hydrogen-bond acceptors (Lipinski definition) is 6. The van der Waals surface area contributed by atoms with Crippen molar-refractivity contribution < 1.29 is 9.59 Å². The second-order valence-corrected chi connectivity index (χ2v) is 10.0. The van der Waals surface area contributed by atoms with Crippen LogP contribution in [-0.2, 0) is 13.1 Å². The number of likely N-dealkylation sites (N-methyl/N-ethyl adjacent to an activating group) is 1. The van der Waals surface area contributed by atoms with Crippen LogP contribution in [-0.4, -0.2) is 71.0 Å². The average Bonchev–Trinajstić information content (AvgIpc) is 2.89. The third-order valence-electron chi connectivity index (χ3n) is 6.87. The van der Waals surface area contributed by atoms with Gasteiger partial charge in [0.25, 0.3) is 5.56 Å². The maximum Gasteiger partial charge on any atom is 0.331 e. The molecule has 0 saturated carbocycles. The van der Waals surface area contributed by atoms with E-state index in [4.69, 9.17) is 0 Å². The number of aromatic nitrogens is 2. The van der Waals surface area contributed by atoms with Crippen molar-refractivity contribution in [2.75, 3.05) is 50.9 Å². The molecule has 0 spiro atoms. The molecule has 2 N–H and O–H groups in total. The summed E-state index contributed by atoms with van der Waals surface area (Å²) in [6.45, 7) is 5.55. The summed E-state index contributed by atoms with van der Waals surface area (Å²) in [5.74, 6) is -0.0968. The largest absolute Gasteiger partial charge is 0.331 e. The second kappa shape index (κ2) is 12.2. The van der Waals surface area contributed by atoms with Gasteiger partial charge in [0.15, 0.2) is 5.78 Å². The number of rotatable bonds is 9. The second-order valence-electron chi connectivity index (χ2n) is 10.0. The van der Waals surface area contributed by atoms with Gasteiger partial charge in [-0.25, -0.2) is 9.59 Å². The summed E-state index contributed by atoms with van der Waals surface area (Å²) in [6.07, 6.45) is 3.56. The Kier molecular flexibility index (Phi) is 8.75. The number of piperidine rings is 1. The van der Waals surface area contributed by atoms with Gasteiger partial charge in [0.1, 0.15) is 0 Å². The van der Waals surface area contributed by atoms with Crippen LogP contribution >= 0.6 is 0 Å². The zero-order valence-corrected chi connectivity index (χ0v) is 22.3. The lowest BCUT2D eigenvalue weighted by Crippen LogP contribution is -2.43. The number of benzene rings is 2. The number of amides is 2. The lowest BCUT2D eigenvalue weighted by molar-refractivity contribution is 0.101. The summed E-state index contributed by atoms with van der Waals surface area (Å²) in [5.41, 5.74) is 1.26. The van der Waals surface area contributed by atoms with E-state index in [1.54, 1.807) is 47.0 Å². The van der Waals surface area contributed by atoms with Gasteiger partial charge in [-0.3, -0.25) is 18.7 Å². The number of ketones is 1. The van der Waals surface area contributed by atoms with Crippen molar-refractivity contribution in [3.05, 3.63) is 68.9 Å². The molecular weight excluding hydrogens is 484 g/mol. The number of hydrogen-bond donors (Lipinski definition) is 2. The monoisotopic (exact) mass is 520 g/mol. The van der Waals surface area contributed by atoms with Crippen LogP contribution in [0.5, 0.6) is 0 Å². The fourth-order valence-electron chi connectivity index (χ4n) is 4.75. The topological polar surface area (TPSA) is 109 Å². The van der Waals surface area contributed by atoms with Gasteiger partial charge in [0.05, 0.1) is 10.9 Å². The normalized spacial score (nSPS) is 14.1. The summed E-state index contributed by atoms with van der Waals surface area (Å²) in [7, 11) is 3.79. The first-order valence-electron chi connectivity index (χ1n) is 13.1. The Morgan fingerprint density at radius 2 is 1.58 bits per heavy atom. The van der Waals surface area contributed by atoms with Crippen molar-refractivity contribution in [2.45, 2.75) is 39.3 Å². The number of urea groups is 1. The zero-order chi connectivity index (χ0) is 27.2. The highest BCUT2D eigenvalue weighted by atomic mass is 16.2. The highest BCUT2D eigenvalue weighted by molar-refractivity contribution is 6.02. The van der Waals surface area contributed by atoms with E-state index in [-0.39, 0.29) is 23.6 Å². The van der Waals surface area contributed by atoms with E-state index in [2.05, 4.69) is 15.5 Å². The molecule has 1 aromatic heterocycles. The average molecular weight is 521 g/mol. The van der Waals surface area contributed by atoms with Crippen LogP contribution in [0.1, 0.15) is 36.5 Å². The van der Waals surface area contributed by atoms with E-state index in [9.17, 15) is 19.2 Å². The zero-order valence-electron chi connectivity index (χ0n) is 22.3. The number of carbonyl (C=O) groups is 2. The van der Waals surface area contributed by atoms with Crippen LogP contribution in [0.2, 0.25) is 0 Å². The molecule has 0 radical (unpaired) electrons. The van der Waals surface area contributed by atoms with Gasteiger partial charge in [-0.2, -0.15) is 0 Å². The molecule has 10 nitrogen and oxygen atoms in total. The van der Waals surface area contributed by atoms with Crippen LogP contribution in [0.25, 0.3) is 10.9 Å². The predicted octanol–water partition coefficient (Wildman–Crippen LogP) is 3.06. The molecular formula is C28H36N6O4. The van der Waals surface area contributed by atoms with Crippen LogP contribution < -0.4 is 21.9 Å². The van der Waals surface area contributed by atoms with Gasteiger partial charge < -0.3 is 20.4 Å². The van der Waals surface area contributed by atoms with E-state index in [1.165, 1.54) is 17.9 Å². The standard InChI is InChI=1S/C28H36N6O4/c1-20(35)21-8-7-9-22(18-21)29-27(37)30-23-10-11-25-24(19-23)26(36)34(16-14-31(2)3)28(38)33(25)17-15-32-12-5-4-6-13-32/h7-11,18-19H,4-6,12-17H2,1-3H3,(H2,29,30,37). The first kappa shape index (κ1) is 27.3. The minimum Gasteiger partial charge on any atom is -0.308 e. The molecule has 0 bridgehead atoms. The minimum atomic E-state index is -0.503. The highest BCUT2D eigenvalue weighted by Gasteiger charge is 2.17. The van der Waals surface area contributed by atoms with Gasteiger partial charge >= 0.3 is 11.7 Å². The minimum absolute atomic E-state index is 0.0968. The molecule has 1 fully saturated rings. The molecule has 1 saturated heterocycles. The fourth-order valence-corrected chi connectivity index (χ4v) is 4.75. The molecule has 0 aliphatic carbocycles. The SMILES string of the molecule is CC(=O)c1cccc(NC(=O)Nc2ccc3c(c2)c(=O)n(CCN(C)C)c(=O)n3CCN2CCCCC2)c1. The molecule has 2 amide bonds. The first-order chi connectivity index (χ1) is 18.2. The number of likely N-dealkylation sites (tertiary alicyclic amines) is 1. The molecule has 2 heterocycles. The van der Waals surface area contributed by atoms with Crippen molar-refractivity contribution in [1.82, 2.24) is 18.9 Å². The van der Waals surface area contributed by atoms with Gasteiger partial charge in [0, 0.05) is 43.1 Å². The molecule has 3 aromatic rings. The Morgan fingerprint density at radius 3 is 2.26 bits per heavy atom. The summed E-state index contributed by atoms with van der Waals surface area (Å²) in [5, 5.41) is 5.85. The molecule has 10 heteroatoms. The molecule has 38 heavy (non-hydrogen) atoms. The van der Waals surface area contributed by atoms with Crippen molar-refractivity contribution in [2.24, 2.45) is 0 Å². The van der Waals surface area contributed by atoms with Crippen LogP contribution in [0.3, 0.4) is 0 Å². The van der Waals surface area contributed by atoms with Crippen molar-refractivity contribution in [1.29, 1.82) is 0 Å². The maximum absolute atomic E-state index is 13.4. The third kappa shape index (κ3) is 6.56. The summed E-state index contributed by atoms with van der Waals surface area (Å²) in [4.78, 5) is 55.4. The Morgan fingerprint density at radius 1 is 0.868 bits per heavy atom. The molecule has 202 valence electrons. The Labute approximate surface area is 221 Å². The number of carbonyl (C=O) groups excluding carboxylic acids is 2. The Hall–Kier alpha value is -3.76. The van der Waals surface area contributed by atoms with Crippen LogP contribution in [0.15, 0.2) is 52.1 Å². The van der Waals surface area contributed by atoms with Crippen LogP contribution in [0, 0.1) is 0 Å². The first-order valence-corrected chi connectivity index (χ1v) is 13.1. The molecule has 0 unspecified atom stereocenters. The van der Waals surface area contributed by atoms with Crippen LogP contribution in [0.4, 0.5) is 16.2 Å². The van der Waals surface area contributed by atoms with E-state index < -0.39 is 6.03 Å². The fraction of sp³-hybridized carbons (Fsp3) is 0.429. The van der Waals surface area contributed by atoms with E-state index in [0.717, 1.165) is 32.5 Å². The predicted molar refractivity (Wildman–Crippen MR) is 150 cm³/mol. The number of fused-ring (bicyclic) bond motifs is 1. The van der Waals surface area contributed by atoms with Crippen molar-refractivity contribution in [3.8, 4) is 0 Å². The van der Waals surface area contributed by atoms with E-state index in [0.29, 0.717) is 40.9 Å². The molecule has 2 aromatic carbocycles. The van der Waals surface area contributed by atoms with Crippen molar-refractivity contribution >= 4 is 34.1 Å². The summed E-state index contributed by atoms with van der Waals surface area (Å²) < 4.78 is 2.97. The quantitative estimate of drug-likeness (QED) is 0.420. The van der Waals surface area contributed by atoms with Gasteiger partial charge in [-0.15, -0.1) is 0 Å². The molecule has 0 atom stereocenters. The van der Waals surface area contributed by atoms with Crippen molar-refractivity contribution in [3.63, 3.8) is 0 Å². The lowest BCUT2D eigenvalue weighted by atomic mass is 10.1. The smallest absolute Gasteiger partial charge is 0.308 e. The third-order valence-corrected chi connectivity index (χ3v) is 6.87. The Balaban J connectivity index is 1.63. The number of Topliss-reactive ketones (excluding diaryl/α,β-unsaturated/α-hetero) is 1. The maximum atomic E-state index is 13.4. The molecule has 4 rings (SSSR count). The van der Waals surface area contributed by atoms with E-state index >= 15 is 0 Å². The number of nitrogens with zero attached hydrogens (tertiary/aromatic N) is 4. The summed E-state index contributed by atoms with van der Waals surface area (Å²) >= 11 is 0. The number of anilines is 2. The van der Waals surface area contributed by atoms with Gasteiger partial charge in [-0.1, -0.05) is 18.6 Å². The molecule has 1 aliphatic heterocycles.